The van der Waals surface area contributed by atoms with Gasteiger partial charge in [-0.25, -0.2) is 0 Å². The predicted molar refractivity (Wildman–Crippen MR) is 98.9 cm³/mol. The quantitative estimate of drug-likeness (QED) is 0.636. The van der Waals surface area contributed by atoms with Crippen LogP contribution in [0.3, 0.4) is 0 Å². The molecule has 0 fully saturated rings. The lowest BCUT2D eigenvalue weighted by molar-refractivity contribution is -0.0229. The first-order valence-corrected chi connectivity index (χ1v) is 8.40. The fourth-order valence-corrected chi connectivity index (χ4v) is 2.97. The van der Waals surface area contributed by atoms with E-state index in [9.17, 15) is 15.0 Å². The summed E-state index contributed by atoms with van der Waals surface area (Å²) in [5.41, 5.74) is 1.18. The van der Waals surface area contributed by atoms with Gasteiger partial charge in [0.1, 0.15) is 23.4 Å². The highest BCUT2D eigenvalue weighted by molar-refractivity contribution is 6.07. The Hall–Kier alpha value is -2.79. The molecule has 0 bridgehead atoms. The van der Waals surface area contributed by atoms with E-state index in [0.717, 1.165) is 11.1 Å². The molecule has 5 nitrogen and oxygen atoms in total. The first-order valence-electron chi connectivity index (χ1n) is 8.40. The third-order valence-corrected chi connectivity index (χ3v) is 4.46. The van der Waals surface area contributed by atoms with Crippen molar-refractivity contribution >= 4 is 11.9 Å². The number of carbonyl (C=O) groups is 1. The van der Waals surface area contributed by atoms with E-state index in [4.69, 9.17) is 9.47 Å². The molecule has 0 aliphatic carbocycles. The largest absolute Gasteiger partial charge is 0.508 e. The van der Waals surface area contributed by atoms with Crippen LogP contribution >= 0.6 is 0 Å². The number of aromatic hydroxyl groups is 1. The van der Waals surface area contributed by atoms with Crippen LogP contribution < -0.4 is 9.47 Å². The van der Waals surface area contributed by atoms with E-state index < -0.39 is 5.60 Å². The minimum atomic E-state index is -0.963. The van der Waals surface area contributed by atoms with Crippen LogP contribution in [0.5, 0.6) is 17.2 Å². The fraction of sp³-hybridized carbons (Fsp3) is 0.286. The van der Waals surface area contributed by atoms with Gasteiger partial charge in [0.25, 0.3) is 0 Å². The average molecular weight is 354 g/mol. The number of ketones is 1. The number of hydrogen-bond acceptors (Lipinski definition) is 5. The molecule has 2 N–H and O–H groups in total. The van der Waals surface area contributed by atoms with Gasteiger partial charge in [0.2, 0.25) is 0 Å². The van der Waals surface area contributed by atoms with Crippen LogP contribution in [0.1, 0.15) is 35.3 Å². The number of rotatable bonds is 5. The van der Waals surface area contributed by atoms with Crippen molar-refractivity contribution in [2.75, 3.05) is 7.11 Å². The van der Waals surface area contributed by atoms with Gasteiger partial charge in [-0.15, -0.1) is 0 Å². The number of benzene rings is 2. The van der Waals surface area contributed by atoms with E-state index in [-0.39, 0.29) is 17.6 Å². The van der Waals surface area contributed by atoms with Crippen LogP contribution in [0.4, 0.5) is 0 Å². The van der Waals surface area contributed by atoms with Crippen LogP contribution in [-0.4, -0.2) is 34.8 Å². The Balaban J connectivity index is 1.86. The molecule has 0 radical (unpaired) electrons. The highest BCUT2D eigenvalue weighted by atomic mass is 16.5. The Bertz CT molecular complexity index is 844. The Morgan fingerprint density at radius 1 is 1.23 bits per heavy atom. The Kier molecular flexibility index (Phi) is 4.74. The number of carbonyl (C=O) groups excluding carboxylic acids is 1. The summed E-state index contributed by atoms with van der Waals surface area (Å²) in [5.74, 6) is 1.28. The SMILES string of the molecule is COc1c(/C=C/C(=O)c2ccc(O)cc2)ccc2c1C[C@@H](C(C)(C)O)O2. The second kappa shape index (κ2) is 6.84. The molecule has 1 atom stereocenters. The van der Waals surface area contributed by atoms with Gasteiger partial charge in [0.15, 0.2) is 5.78 Å². The van der Waals surface area contributed by atoms with E-state index >= 15 is 0 Å². The smallest absolute Gasteiger partial charge is 0.185 e. The number of aliphatic hydroxyl groups is 1. The lowest BCUT2D eigenvalue weighted by Crippen LogP contribution is -2.39. The van der Waals surface area contributed by atoms with Gasteiger partial charge in [-0.2, -0.15) is 0 Å². The van der Waals surface area contributed by atoms with Gasteiger partial charge in [-0.05, 0) is 62.4 Å². The van der Waals surface area contributed by atoms with Crippen molar-refractivity contribution < 1.29 is 24.5 Å². The third kappa shape index (κ3) is 3.58. The molecular formula is C21H22O5. The van der Waals surface area contributed by atoms with Crippen molar-refractivity contribution in [3.8, 4) is 17.2 Å². The molecule has 0 amide bonds. The van der Waals surface area contributed by atoms with Gasteiger partial charge in [0, 0.05) is 23.1 Å². The third-order valence-electron chi connectivity index (χ3n) is 4.46. The summed E-state index contributed by atoms with van der Waals surface area (Å²) in [5, 5.41) is 19.5. The molecule has 1 aliphatic heterocycles. The molecule has 0 unspecified atom stereocenters. The topological polar surface area (TPSA) is 76.0 Å². The number of fused-ring (bicyclic) bond motifs is 1. The van der Waals surface area contributed by atoms with Crippen molar-refractivity contribution in [3.05, 3.63) is 59.2 Å². The van der Waals surface area contributed by atoms with E-state index in [2.05, 4.69) is 0 Å². The zero-order valence-corrected chi connectivity index (χ0v) is 15.0. The molecule has 2 aromatic rings. The number of allylic oxidation sites excluding steroid dienone is 1. The molecule has 1 heterocycles. The molecule has 1 aliphatic rings. The summed E-state index contributed by atoms with van der Waals surface area (Å²) in [6.07, 6.45) is 3.37. The second-order valence-corrected chi connectivity index (χ2v) is 6.87. The summed E-state index contributed by atoms with van der Waals surface area (Å²) in [4.78, 5) is 12.3. The van der Waals surface area contributed by atoms with Crippen molar-refractivity contribution in [1.29, 1.82) is 0 Å². The number of phenolic OH excluding ortho intramolecular Hbond substituents is 1. The molecule has 26 heavy (non-hydrogen) atoms. The van der Waals surface area contributed by atoms with Gasteiger partial charge < -0.3 is 19.7 Å². The molecular weight excluding hydrogens is 332 g/mol. The molecule has 0 saturated heterocycles. The lowest BCUT2D eigenvalue weighted by atomic mass is 9.95. The first-order chi connectivity index (χ1) is 12.3. The van der Waals surface area contributed by atoms with E-state index in [1.54, 1.807) is 39.2 Å². The summed E-state index contributed by atoms with van der Waals surface area (Å²) >= 11 is 0. The number of ether oxygens (including phenoxy) is 2. The van der Waals surface area contributed by atoms with Crippen molar-refractivity contribution in [3.63, 3.8) is 0 Å². The van der Waals surface area contributed by atoms with Crippen LogP contribution in [0, 0.1) is 0 Å². The van der Waals surface area contributed by atoms with Crippen LogP contribution in [0.2, 0.25) is 0 Å². The van der Waals surface area contributed by atoms with Gasteiger partial charge >= 0.3 is 0 Å². The van der Waals surface area contributed by atoms with E-state index in [0.29, 0.717) is 23.5 Å². The number of methoxy groups -OCH3 is 1. The minimum absolute atomic E-state index is 0.118. The summed E-state index contributed by atoms with van der Waals surface area (Å²) in [6, 6.07) is 9.75. The Labute approximate surface area is 152 Å². The monoisotopic (exact) mass is 354 g/mol. The number of phenols is 1. The Morgan fingerprint density at radius 2 is 1.92 bits per heavy atom. The minimum Gasteiger partial charge on any atom is -0.508 e. The normalized spacial score (nSPS) is 16.4. The van der Waals surface area contributed by atoms with Gasteiger partial charge in [-0.1, -0.05) is 0 Å². The van der Waals surface area contributed by atoms with Crippen molar-refractivity contribution in [2.45, 2.75) is 32.0 Å². The molecule has 5 heteroatoms. The highest BCUT2D eigenvalue weighted by Gasteiger charge is 2.36. The molecule has 0 saturated carbocycles. The van der Waals surface area contributed by atoms with E-state index in [1.165, 1.54) is 18.2 Å². The number of hydrogen-bond donors (Lipinski definition) is 2. The van der Waals surface area contributed by atoms with E-state index in [1.807, 2.05) is 12.1 Å². The molecule has 3 rings (SSSR count). The zero-order chi connectivity index (χ0) is 18.9. The van der Waals surface area contributed by atoms with Gasteiger partial charge in [-0.3, -0.25) is 4.79 Å². The molecule has 0 aromatic heterocycles. The summed E-state index contributed by atoms with van der Waals surface area (Å²) < 4.78 is 11.4. The highest BCUT2D eigenvalue weighted by Crippen LogP contribution is 2.41. The van der Waals surface area contributed by atoms with Crippen molar-refractivity contribution in [2.24, 2.45) is 0 Å². The van der Waals surface area contributed by atoms with Gasteiger partial charge in [0.05, 0.1) is 12.7 Å². The zero-order valence-electron chi connectivity index (χ0n) is 15.0. The van der Waals surface area contributed by atoms with Crippen LogP contribution in [-0.2, 0) is 6.42 Å². The standard InChI is InChI=1S/C21H22O5/c1-21(2,24)19-12-16-18(26-19)11-7-14(20(16)25-3)6-10-17(23)13-4-8-15(22)9-5-13/h4-11,19,22,24H,12H2,1-3H3/b10-6+/t19-/m0/s1. The summed E-state index contributed by atoms with van der Waals surface area (Å²) in [7, 11) is 1.58. The average Bonchev–Trinajstić information content (AvgIpc) is 3.04. The molecule has 2 aromatic carbocycles. The maximum atomic E-state index is 12.3. The lowest BCUT2D eigenvalue weighted by Gasteiger charge is -2.24. The molecule has 0 spiro atoms. The summed E-state index contributed by atoms with van der Waals surface area (Å²) in [6.45, 7) is 3.43. The van der Waals surface area contributed by atoms with Crippen LogP contribution in [0.15, 0.2) is 42.5 Å². The predicted octanol–water partition coefficient (Wildman–Crippen LogP) is 3.37. The Morgan fingerprint density at radius 3 is 2.54 bits per heavy atom. The molecule has 136 valence electrons. The maximum absolute atomic E-state index is 12.3. The first kappa shape index (κ1) is 18.0. The second-order valence-electron chi connectivity index (χ2n) is 6.87. The van der Waals surface area contributed by atoms with Crippen LogP contribution in [0.25, 0.3) is 6.08 Å². The maximum Gasteiger partial charge on any atom is 0.185 e. The van der Waals surface area contributed by atoms with Crippen molar-refractivity contribution in [1.82, 2.24) is 0 Å². The fourth-order valence-electron chi connectivity index (χ4n) is 2.97.